The molecule has 0 unspecified atom stereocenters. The van der Waals surface area contributed by atoms with Gasteiger partial charge in [-0.25, -0.2) is 4.98 Å². The molecule has 0 aliphatic heterocycles. The van der Waals surface area contributed by atoms with Crippen LogP contribution in [0.4, 0.5) is 13.2 Å². The van der Waals surface area contributed by atoms with Gasteiger partial charge in [0.1, 0.15) is 17.9 Å². The second kappa shape index (κ2) is 11.5. The second-order valence-electron chi connectivity index (χ2n) is 9.09. The van der Waals surface area contributed by atoms with E-state index in [1.165, 1.54) is 0 Å². The van der Waals surface area contributed by atoms with Crippen molar-refractivity contribution in [3.63, 3.8) is 0 Å². The normalized spacial score (nSPS) is 12.1. The van der Waals surface area contributed by atoms with E-state index in [4.69, 9.17) is 4.74 Å². The Kier molecular flexibility index (Phi) is 8.57. The highest BCUT2D eigenvalue weighted by atomic mass is 19.4. The van der Waals surface area contributed by atoms with Crippen LogP contribution in [0.1, 0.15) is 41.9 Å². The van der Waals surface area contributed by atoms with Crippen LogP contribution < -0.4 is 10.1 Å². The highest BCUT2D eigenvalue weighted by Crippen LogP contribution is 2.35. The average molecular weight is 513 g/mol. The van der Waals surface area contributed by atoms with Gasteiger partial charge in [0.2, 0.25) is 5.91 Å². The van der Waals surface area contributed by atoms with Gasteiger partial charge in [-0.1, -0.05) is 38.6 Å². The molecule has 0 radical (unpaired) electrons. The van der Waals surface area contributed by atoms with Crippen molar-refractivity contribution in [2.45, 2.75) is 40.1 Å². The van der Waals surface area contributed by atoms with Crippen LogP contribution in [0.3, 0.4) is 0 Å². The number of benzene rings is 1. The number of aryl methyl sites for hydroxylation is 1. The van der Waals surface area contributed by atoms with Gasteiger partial charge >= 0.3 is 6.18 Å². The Morgan fingerprint density at radius 2 is 1.97 bits per heavy atom. The van der Waals surface area contributed by atoms with Gasteiger partial charge in [-0.15, -0.1) is 0 Å². The number of rotatable bonds is 9. The van der Waals surface area contributed by atoms with Crippen molar-refractivity contribution in [2.24, 2.45) is 5.92 Å². The number of nitrogens with one attached hydrogen (secondary N) is 1. The number of fused-ring (bicyclic) bond motifs is 1. The first-order valence-corrected chi connectivity index (χ1v) is 11.8. The summed E-state index contributed by atoms with van der Waals surface area (Å²) in [6.45, 7) is 8.50. The summed E-state index contributed by atoms with van der Waals surface area (Å²) in [5, 5.41) is 3.43. The van der Waals surface area contributed by atoms with Crippen molar-refractivity contribution < 1.29 is 22.7 Å². The smallest absolute Gasteiger partial charge is 0.416 e. The summed E-state index contributed by atoms with van der Waals surface area (Å²) >= 11 is 0. The third-order valence-corrected chi connectivity index (χ3v) is 5.74. The summed E-state index contributed by atoms with van der Waals surface area (Å²) in [5.74, 6) is -0.253. The zero-order valence-electron chi connectivity index (χ0n) is 21.6. The van der Waals surface area contributed by atoms with Crippen molar-refractivity contribution in [1.82, 2.24) is 20.2 Å². The second-order valence-corrected chi connectivity index (χ2v) is 9.09. The molecule has 0 fully saturated rings. The number of pyridine rings is 2. The lowest BCUT2D eigenvalue weighted by atomic mass is 10.0. The van der Waals surface area contributed by atoms with Crippen LogP contribution in [-0.4, -0.2) is 34.9 Å². The first-order chi connectivity index (χ1) is 17.4. The summed E-state index contributed by atoms with van der Waals surface area (Å²) in [6, 6.07) is 8.20. The number of carbonyl (C=O) groups is 1. The van der Waals surface area contributed by atoms with E-state index < -0.39 is 18.3 Å². The maximum Gasteiger partial charge on any atom is 0.416 e. The van der Waals surface area contributed by atoms with Crippen molar-refractivity contribution >= 4 is 22.5 Å². The number of aromatic nitrogens is 2. The Bertz CT molecular complexity index is 1330. The van der Waals surface area contributed by atoms with Crippen molar-refractivity contribution in [2.75, 3.05) is 14.1 Å². The van der Waals surface area contributed by atoms with Crippen molar-refractivity contribution in [3.8, 4) is 5.75 Å². The quantitative estimate of drug-likeness (QED) is 0.362. The molecule has 196 valence electrons. The minimum Gasteiger partial charge on any atom is -0.487 e. The number of allylic oxidation sites excluding steroid dienone is 2. The Morgan fingerprint density at radius 1 is 1.24 bits per heavy atom. The van der Waals surface area contributed by atoms with E-state index in [0.29, 0.717) is 11.3 Å². The number of nitrogens with zero attached hydrogens (tertiary/aromatic N) is 3. The number of hydrogen-bond acceptors (Lipinski definition) is 5. The summed E-state index contributed by atoms with van der Waals surface area (Å²) in [6.07, 6.45) is 0.0466. The Labute approximate surface area is 214 Å². The maximum absolute atomic E-state index is 13.9. The molecule has 3 aromatic rings. The van der Waals surface area contributed by atoms with Gasteiger partial charge in [0.25, 0.3) is 0 Å². The topological polar surface area (TPSA) is 67.4 Å². The first kappa shape index (κ1) is 27.7. The Morgan fingerprint density at radius 3 is 2.59 bits per heavy atom. The highest BCUT2D eigenvalue weighted by molar-refractivity contribution is 5.94. The molecular weight excluding hydrogens is 481 g/mol. The fraction of sp³-hybridized carbons (Fsp3) is 0.321. The van der Waals surface area contributed by atoms with Gasteiger partial charge in [0.15, 0.2) is 0 Å². The number of carbonyl (C=O) groups excluding carboxylic acids is 1. The summed E-state index contributed by atoms with van der Waals surface area (Å²) in [7, 11) is 3.83. The van der Waals surface area contributed by atoms with Crippen LogP contribution in [-0.2, 0) is 24.1 Å². The number of halogens is 3. The summed E-state index contributed by atoms with van der Waals surface area (Å²) < 4.78 is 47.6. The van der Waals surface area contributed by atoms with Crippen LogP contribution in [0.2, 0.25) is 0 Å². The van der Waals surface area contributed by atoms with E-state index in [9.17, 15) is 18.0 Å². The van der Waals surface area contributed by atoms with Crippen molar-refractivity contribution in [3.05, 3.63) is 83.3 Å². The van der Waals surface area contributed by atoms with Gasteiger partial charge < -0.3 is 15.0 Å². The molecule has 1 N–H and O–H groups in total. The summed E-state index contributed by atoms with van der Waals surface area (Å²) in [4.78, 5) is 22.7. The highest BCUT2D eigenvalue weighted by Gasteiger charge is 2.35. The molecule has 1 amide bonds. The molecule has 3 rings (SSSR count). The lowest BCUT2D eigenvalue weighted by Crippen LogP contribution is -2.28. The monoisotopic (exact) mass is 512 g/mol. The molecule has 0 atom stereocenters. The predicted molar refractivity (Wildman–Crippen MR) is 139 cm³/mol. The Hall–Kier alpha value is -3.88. The SMILES string of the molecule is C=C/C=C(/c1cc(C)nc2c(OCc3c(C(F)(F)F)ccnc3CNC(=O)C(C)C)cccc12)N(C)C. The van der Waals surface area contributed by atoms with E-state index in [2.05, 4.69) is 21.9 Å². The largest absolute Gasteiger partial charge is 0.487 e. The van der Waals surface area contributed by atoms with E-state index in [1.807, 2.05) is 44.1 Å². The van der Waals surface area contributed by atoms with Gasteiger partial charge in [-0.2, -0.15) is 13.2 Å². The van der Waals surface area contributed by atoms with Gasteiger partial charge in [0.05, 0.1) is 17.8 Å². The van der Waals surface area contributed by atoms with Crippen LogP contribution in [0.15, 0.2) is 55.3 Å². The molecule has 0 saturated heterocycles. The molecule has 0 bridgehead atoms. The molecule has 2 heterocycles. The maximum atomic E-state index is 13.9. The number of ether oxygens (including phenoxy) is 1. The van der Waals surface area contributed by atoms with Gasteiger partial charge in [0, 0.05) is 54.1 Å². The molecule has 0 spiro atoms. The average Bonchev–Trinajstić information content (AvgIpc) is 2.83. The van der Waals surface area contributed by atoms with E-state index in [0.717, 1.165) is 34.6 Å². The molecule has 9 heteroatoms. The van der Waals surface area contributed by atoms with Crippen LogP contribution >= 0.6 is 0 Å². The standard InChI is InChI=1S/C28H31F3N4O2/c1-7-9-24(35(5)6)20-14-18(4)34-26-19(20)10-8-11-25(26)37-16-21-22(28(29,30)31)12-13-32-23(21)15-33-27(36)17(2)3/h7-14,17H,1,15-16H2,2-6H3,(H,33,36)/b24-9-. The molecule has 1 aromatic carbocycles. The van der Waals surface area contributed by atoms with E-state index >= 15 is 0 Å². The zero-order chi connectivity index (χ0) is 27.3. The van der Waals surface area contributed by atoms with Crippen LogP contribution in [0, 0.1) is 12.8 Å². The minimum atomic E-state index is -4.62. The van der Waals surface area contributed by atoms with Gasteiger partial charge in [-0.3, -0.25) is 9.78 Å². The molecular formula is C28H31F3N4O2. The molecule has 6 nitrogen and oxygen atoms in total. The molecule has 2 aromatic heterocycles. The van der Waals surface area contributed by atoms with E-state index in [1.54, 1.807) is 32.1 Å². The first-order valence-electron chi connectivity index (χ1n) is 11.8. The van der Waals surface area contributed by atoms with Crippen LogP contribution in [0.25, 0.3) is 16.6 Å². The number of hydrogen-bond donors (Lipinski definition) is 1. The molecule has 0 saturated carbocycles. The number of para-hydroxylation sites is 1. The van der Waals surface area contributed by atoms with Gasteiger partial charge in [-0.05, 0) is 31.2 Å². The molecule has 0 aliphatic rings. The summed E-state index contributed by atoms with van der Waals surface area (Å²) in [5.41, 5.74) is 2.16. The number of alkyl halides is 3. The van der Waals surface area contributed by atoms with Crippen molar-refractivity contribution in [1.29, 1.82) is 0 Å². The Balaban J connectivity index is 2.05. The molecule has 0 aliphatic carbocycles. The minimum absolute atomic E-state index is 0.0951. The third kappa shape index (κ3) is 6.47. The lowest BCUT2D eigenvalue weighted by Gasteiger charge is -2.21. The third-order valence-electron chi connectivity index (χ3n) is 5.74. The fourth-order valence-electron chi connectivity index (χ4n) is 3.91. The fourth-order valence-corrected chi connectivity index (χ4v) is 3.91. The lowest BCUT2D eigenvalue weighted by molar-refractivity contribution is -0.138. The molecule has 37 heavy (non-hydrogen) atoms. The number of amides is 1. The predicted octanol–water partition coefficient (Wildman–Crippen LogP) is 5.90. The van der Waals surface area contributed by atoms with Crippen LogP contribution in [0.5, 0.6) is 5.75 Å². The van der Waals surface area contributed by atoms with E-state index in [-0.39, 0.29) is 29.6 Å². The zero-order valence-corrected chi connectivity index (χ0v) is 21.6.